The number of nitrogens with zero attached hydrogens (tertiary/aromatic N) is 2. The zero-order valence-corrected chi connectivity index (χ0v) is 9.69. The molecule has 8 heteroatoms. The number of benzene rings is 1. The van der Waals surface area contributed by atoms with Gasteiger partial charge in [-0.25, -0.2) is 13.6 Å². The average molecular weight is 274 g/mol. The monoisotopic (exact) mass is 274 g/mol. The molecular weight excluding hydrogens is 270 g/mol. The van der Waals surface area contributed by atoms with Gasteiger partial charge in [0.25, 0.3) is 0 Å². The SMILES string of the molecule is O=C(O)c1nnsc1Sc1ccc(F)c(F)c1. The standard InChI is InChI=1S/C9H4F2N2O2S2/c10-5-2-1-4(3-6(5)11)16-9-7(8(14)15)12-13-17-9/h1-3H,(H,14,15). The van der Waals surface area contributed by atoms with Gasteiger partial charge < -0.3 is 5.11 Å². The van der Waals surface area contributed by atoms with E-state index in [1.54, 1.807) is 0 Å². The zero-order valence-electron chi connectivity index (χ0n) is 8.05. The number of hydrogen-bond acceptors (Lipinski definition) is 5. The molecule has 1 heterocycles. The molecule has 0 spiro atoms. The van der Waals surface area contributed by atoms with Gasteiger partial charge in [0, 0.05) is 4.90 Å². The number of carboxylic acids is 1. The van der Waals surface area contributed by atoms with Gasteiger partial charge in [-0.15, -0.1) is 5.10 Å². The van der Waals surface area contributed by atoms with Crippen molar-refractivity contribution in [3.05, 3.63) is 35.5 Å². The molecule has 0 unspecified atom stereocenters. The summed E-state index contributed by atoms with van der Waals surface area (Å²) < 4.78 is 29.4. The Labute approximate surface area is 102 Å². The highest BCUT2D eigenvalue weighted by molar-refractivity contribution is 8.01. The van der Waals surface area contributed by atoms with E-state index in [2.05, 4.69) is 9.59 Å². The maximum absolute atomic E-state index is 12.9. The third-order valence-electron chi connectivity index (χ3n) is 1.76. The van der Waals surface area contributed by atoms with E-state index in [1.807, 2.05) is 0 Å². The number of carbonyl (C=O) groups is 1. The first-order valence-electron chi connectivity index (χ1n) is 4.26. The average Bonchev–Trinajstić information content (AvgIpc) is 2.72. The van der Waals surface area contributed by atoms with Crippen molar-refractivity contribution in [1.29, 1.82) is 0 Å². The molecule has 88 valence electrons. The van der Waals surface area contributed by atoms with E-state index in [1.165, 1.54) is 6.07 Å². The molecule has 2 rings (SSSR count). The molecule has 0 aliphatic rings. The number of aromatic carboxylic acids is 1. The lowest BCUT2D eigenvalue weighted by atomic mass is 10.3. The van der Waals surface area contributed by atoms with Crippen molar-refractivity contribution in [2.75, 3.05) is 0 Å². The quantitative estimate of drug-likeness (QED) is 0.932. The topological polar surface area (TPSA) is 63.1 Å². The molecule has 1 aromatic carbocycles. The fourth-order valence-corrected chi connectivity index (χ4v) is 2.71. The molecule has 0 aliphatic carbocycles. The predicted molar refractivity (Wildman–Crippen MR) is 57.3 cm³/mol. The van der Waals surface area contributed by atoms with Gasteiger partial charge in [0.05, 0.1) is 0 Å². The van der Waals surface area contributed by atoms with Crippen LogP contribution >= 0.6 is 23.3 Å². The molecule has 0 fully saturated rings. The maximum atomic E-state index is 12.9. The zero-order chi connectivity index (χ0) is 12.4. The van der Waals surface area contributed by atoms with E-state index in [0.29, 0.717) is 9.10 Å². The molecule has 0 bridgehead atoms. The lowest BCUT2D eigenvalue weighted by molar-refractivity contribution is 0.0687. The first-order valence-corrected chi connectivity index (χ1v) is 5.85. The Morgan fingerprint density at radius 3 is 2.76 bits per heavy atom. The molecule has 0 atom stereocenters. The Kier molecular flexibility index (Phi) is 3.34. The second-order valence-electron chi connectivity index (χ2n) is 2.89. The van der Waals surface area contributed by atoms with Gasteiger partial charge in [-0.1, -0.05) is 16.3 Å². The van der Waals surface area contributed by atoms with Gasteiger partial charge in [0.15, 0.2) is 17.3 Å². The number of carboxylic acid groups (broad SMARTS) is 1. The van der Waals surface area contributed by atoms with Crippen LogP contribution in [0.3, 0.4) is 0 Å². The summed E-state index contributed by atoms with van der Waals surface area (Å²) in [5.74, 6) is -3.14. The van der Waals surface area contributed by atoms with E-state index >= 15 is 0 Å². The minimum atomic E-state index is -1.20. The molecule has 0 saturated heterocycles. The van der Waals surface area contributed by atoms with E-state index in [9.17, 15) is 13.6 Å². The molecule has 0 radical (unpaired) electrons. The summed E-state index contributed by atoms with van der Waals surface area (Å²) in [4.78, 5) is 11.1. The van der Waals surface area contributed by atoms with Crippen LogP contribution in [-0.2, 0) is 0 Å². The van der Waals surface area contributed by atoms with Gasteiger partial charge in [0.2, 0.25) is 0 Å². The second kappa shape index (κ2) is 4.76. The van der Waals surface area contributed by atoms with Crippen molar-refractivity contribution in [2.45, 2.75) is 9.10 Å². The number of aromatic nitrogens is 2. The molecule has 4 nitrogen and oxygen atoms in total. The number of halogens is 2. The molecular formula is C9H4F2N2O2S2. The molecule has 0 saturated carbocycles. The highest BCUT2D eigenvalue weighted by Gasteiger charge is 2.16. The van der Waals surface area contributed by atoms with Gasteiger partial charge >= 0.3 is 5.97 Å². The Morgan fingerprint density at radius 2 is 2.12 bits per heavy atom. The molecule has 1 N–H and O–H groups in total. The molecule has 17 heavy (non-hydrogen) atoms. The summed E-state index contributed by atoms with van der Waals surface area (Å²) in [7, 11) is 0. The summed E-state index contributed by atoms with van der Waals surface area (Å²) in [6, 6.07) is 3.33. The van der Waals surface area contributed by atoms with E-state index in [4.69, 9.17) is 5.11 Å². The third kappa shape index (κ3) is 2.59. The van der Waals surface area contributed by atoms with E-state index in [-0.39, 0.29) is 5.69 Å². The third-order valence-corrected chi connectivity index (χ3v) is 3.63. The lowest BCUT2D eigenvalue weighted by Crippen LogP contribution is -1.98. The number of rotatable bonds is 3. The molecule has 1 aromatic heterocycles. The van der Waals surface area contributed by atoms with Crippen molar-refractivity contribution >= 4 is 29.3 Å². The Morgan fingerprint density at radius 1 is 1.35 bits per heavy atom. The van der Waals surface area contributed by atoms with Crippen molar-refractivity contribution < 1.29 is 18.7 Å². The van der Waals surface area contributed by atoms with Crippen LogP contribution < -0.4 is 0 Å². The van der Waals surface area contributed by atoms with Crippen LogP contribution in [0.15, 0.2) is 27.3 Å². The minimum absolute atomic E-state index is 0.190. The summed E-state index contributed by atoms with van der Waals surface area (Å²) in [6.45, 7) is 0. The van der Waals surface area contributed by atoms with Crippen LogP contribution in [0.5, 0.6) is 0 Å². The highest BCUT2D eigenvalue weighted by Crippen LogP contribution is 2.32. The van der Waals surface area contributed by atoms with Crippen LogP contribution in [0.1, 0.15) is 10.5 Å². The highest BCUT2D eigenvalue weighted by atomic mass is 32.2. The van der Waals surface area contributed by atoms with Crippen molar-refractivity contribution in [1.82, 2.24) is 9.59 Å². The van der Waals surface area contributed by atoms with Crippen LogP contribution in [0, 0.1) is 11.6 Å². The second-order valence-corrected chi connectivity index (χ2v) is 4.99. The van der Waals surface area contributed by atoms with E-state index in [0.717, 1.165) is 35.4 Å². The van der Waals surface area contributed by atoms with Gasteiger partial charge in [-0.05, 0) is 29.7 Å². The maximum Gasteiger partial charge on any atom is 0.358 e. The van der Waals surface area contributed by atoms with Crippen molar-refractivity contribution in [3.63, 3.8) is 0 Å². The van der Waals surface area contributed by atoms with Gasteiger partial charge in [0.1, 0.15) is 4.21 Å². The summed E-state index contributed by atoms with van der Waals surface area (Å²) in [5, 5.41) is 12.2. The van der Waals surface area contributed by atoms with Crippen molar-refractivity contribution in [2.24, 2.45) is 0 Å². The fourth-order valence-electron chi connectivity index (χ4n) is 1.03. The van der Waals surface area contributed by atoms with Crippen LogP contribution in [0.25, 0.3) is 0 Å². The Hall–Kier alpha value is -1.54. The minimum Gasteiger partial charge on any atom is -0.476 e. The Balaban J connectivity index is 2.28. The number of hydrogen-bond donors (Lipinski definition) is 1. The Bertz CT molecular complexity index is 574. The largest absolute Gasteiger partial charge is 0.476 e. The smallest absolute Gasteiger partial charge is 0.358 e. The van der Waals surface area contributed by atoms with Crippen LogP contribution in [0.4, 0.5) is 8.78 Å². The molecule has 2 aromatic rings. The predicted octanol–water partition coefficient (Wildman–Crippen LogP) is 2.67. The summed E-state index contributed by atoms with van der Waals surface area (Å²) in [6.07, 6.45) is 0. The summed E-state index contributed by atoms with van der Waals surface area (Å²) in [5.41, 5.74) is -0.190. The molecule has 0 amide bonds. The van der Waals surface area contributed by atoms with Crippen LogP contribution in [-0.4, -0.2) is 20.7 Å². The lowest BCUT2D eigenvalue weighted by Gasteiger charge is -1.99. The van der Waals surface area contributed by atoms with Crippen LogP contribution in [0.2, 0.25) is 0 Å². The van der Waals surface area contributed by atoms with Crippen molar-refractivity contribution in [3.8, 4) is 0 Å². The fraction of sp³-hybridized carbons (Fsp3) is 0. The first kappa shape index (κ1) is 11.9. The van der Waals surface area contributed by atoms with Gasteiger partial charge in [-0.2, -0.15) is 0 Å². The molecule has 0 aliphatic heterocycles. The normalized spacial score (nSPS) is 10.5. The van der Waals surface area contributed by atoms with E-state index < -0.39 is 17.6 Å². The first-order chi connectivity index (χ1) is 8.08. The summed E-state index contributed by atoms with van der Waals surface area (Å²) >= 11 is 1.87. The van der Waals surface area contributed by atoms with Gasteiger partial charge in [-0.3, -0.25) is 0 Å².